The van der Waals surface area contributed by atoms with Crippen LogP contribution in [-0.4, -0.2) is 53.2 Å². The van der Waals surface area contributed by atoms with Crippen molar-refractivity contribution in [1.82, 2.24) is 10.2 Å². The Hall–Kier alpha value is -3.35. The highest BCUT2D eigenvalue weighted by molar-refractivity contribution is 5.87. The smallest absolute Gasteiger partial charge is 0.407 e. The maximum Gasteiger partial charge on any atom is 0.407 e. The second-order valence-corrected chi connectivity index (χ2v) is 10.1. The number of benzene rings is 2. The minimum atomic E-state index is -1.15. The van der Waals surface area contributed by atoms with Gasteiger partial charge in [-0.1, -0.05) is 62.4 Å². The number of ether oxygens (including phenoxy) is 1. The molecule has 2 amide bonds. The molecule has 2 unspecified atom stereocenters. The molecule has 35 heavy (non-hydrogen) atoms. The summed E-state index contributed by atoms with van der Waals surface area (Å²) in [5.74, 6) is -1.16. The van der Waals surface area contributed by atoms with Crippen LogP contribution >= 0.6 is 0 Å². The Morgan fingerprint density at radius 3 is 2.26 bits per heavy atom. The van der Waals surface area contributed by atoms with E-state index in [1.54, 1.807) is 6.92 Å². The fourth-order valence-electron chi connectivity index (χ4n) is 5.33. The lowest BCUT2D eigenvalue weighted by atomic mass is 9.91. The Kier molecular flexibility index (Phi) is 7.15. The third-order valence-corrected chi connectivity index (χ3v) is 7.63. The van der Waals surface area contributed by atoms with E-state index in [2.05, 4.69) is 29.6 Å². The molecule has 1 aliphatic heterocycles. The summed E-state index contributed by atoms with van der Waals surface area (Å²) in [5, 5.41) is 12.4. The van der Waals surface area contributed by atoms with E-state index >= 15 is 0 Å². The summed E-state index contributed by atoms with van der Waals surface area (Å²) in [6.07, 6.45) is 0.808. The SMILES string of the molecule is CC(C)C(CNC(=O)OCC1c2ccccc2-c2ccccc21)CC(=O)N1CCCC1(C)C(=O)O. The molecule has 7 nitrogen and oxygen atoms in total. The van der Waals surface area contributed by atoms with Crippen LogP contribution in [0.5, 0.6) is 0 Å². The van der Waals surface area contributed by atoms with Gasteiger partial charge < -0.3 is 20.1 Å². The van der Waals surface area contributed by atoms with Crippen molar-refractivity contribution in [2.45, 2.75) is 51.5 Å². The molecule has 0 aromatic heterocycles. The van der Waals surface area contributed by atoms with Crippen molar-refractivity contribution in [2.24, 2.45) is 11.8 Å². The summed E-state index contributed by atoms with van der Waals surface area (Å²) in [6, 6.07) is 16.4. The van der Waals surface area contributed by atoms with Gasteiger partial charge in [0, 0.05) is 25.4 Å². The summed E-state index contributed by atoms with van der Waals surface area (Å²) in [7, 11) is 0. The van der Waals surface area contributed by atoms with Crippen LogP contribution < -0.4 is 5.32 Å². The molecule has 1 saturated heterocycles. The molecular formula is C28H34N2O5. The predicted molar refractivity (Wildman–Crippen MR) is 133 cm³/mol. The minimum absolute atomic E-state index is 0.0144. The third-order valence-electron chi connectivity index (χ3n) is 7.63. The summed E-state index contributed by atoms with van der Waals surface area (Å²) < 4.78 is 5.62. The highest BCUT2D eigenvalue weighted by Gasteiger charge is 2.46. The quantitative estimate of drug-likeness (QED) is 0.576. The number of nitrogens with one attached hydrogen (secondary N) is 1. The number of hydrogen-bond donors (Lipinski definition) is 2. The molecule has 0 bridgehead atoms. The minimum Gasteiger partial charge on any atom is -0.480 e. The van der Waals surface area contributed by atoms with Crippen LogP contribution in [-0.2, 0) is 14.3 Å². The lowest BCUT2D eigenvalue weighted by Crippen LogP contribution is -2.51. The van der Waals surface area contributed by atoms with Crippen LogP contribution in [0.2, 0.25) is 0 Å². The van der Waals surface area contributed by atoms with Crippen molar-refractivity contribution in [3.8, 4) is 11.1 Å². The van der Waals surface area contributed by atoms with Crippen molar-refractivity contribution in [1.29, 1.82) is 0 Å². The largest absolute Gasteiger partial charge is 0.480 e. The molecule has 0 saturated carbocycles. The zero-order chi connectivity index (χ0) is 25.2. The molecule has 186 valence electrons. The van der Waals surface area contributed by atoms with Gasteiger partial charge in [-0.2, -0.15) is 0 Å². The third kappa shape index (κ3) is 4.90. The Balaban J connectivity index is 1.34. The number of nitrogens with zero attached hydrogens (tertiary/aromatic N) is 1. The number of rotatable bonds is 8. The van der Waals surface area contributed by atoms with Crippen LogP contribution in [0.3, 0.4) is 0 Å². The van der Waals surface area contributed by atoms with Gasteiger partial charge in [-0.25, -0.2) is 9.59 Å². The standard InChI is InChI=1S/C28H34N2O5/c1-18(2)19(15-25(31)30-14-8-13-28(30,3)26(32)33)16-29-27(34)35-17-24-22-11-6-4-9-20(22)21-10-5-7-12-23(21)24/h4-7,9-12,18-19,24H,8,13-17H2,1-3H3,(H,29,34)(H,32,33). The summed E-state index contributed by atoms with van der Waals surface area (Å²) in [4.78, 5) is 38.8. The summed E-state index contributed by atoms with van der Waals surface area (Å²) in [5.41, 5.74) is 3.49. The van der Waals surface area contributed by atoms with Gasteiger partial charge in [0.15, 0.2) is 0 Å². The van der Waals surface area contributed by atoms with Gasteiger partial charge in [0.2, 0.25) is 5.91 Å². The van der Waals surface area contributed by atoms with Crippen LogP contribution in [0.1, 0.15) is 57.1 Å². The van der Waals surface area contributed by atoms with Gasteiger partial charge in [-0.15, -0.1) is 0 Å². The summed E-state index contributed by atoms with van der Waals surface area (Å²) >= 11 is 0. The highest BCUT2D eigenvalue weighted by atomic mass is 16.5. The Bertz CT molecular complexity index is 1070. The number of amides is 2. The van der Waals surface area contributed by atoms with Gasteiger partial charge in [0.25, 0.3) is 0 Å². The van der Waals surface area contributed by atoms with E-state index in [0.29, 0.717) is 19.4 Å². The average Bonchev–Trinajstić information content (AvgIpc) is 3.39. The van der Waals surface area contributed by atoms with Crippen molar-refractivity contribution < 1.29 is 24.2 Å². The highest BCUT2D eigenvalue weighted by Crippen LogP contribution is 2.44. The number of hydrogen-bond acceptors (Lipinski definition) is 4. The van der Waals surface area contributed by atoms with Crippen molar-refractivity contribution in [3.05, 3.63) is 59.7 Å². The molecule has 4 rings (SSSR count). The van der Waals surface area contributed by atoms with Gasteiger partial charge in [0.05, 0.1) is 0 Å². The number of alkyl carbamates (subject to hydrolysis) is 1. The van der Waals surface area contributed by atoms with E-state index < -0.39 is 17.6 Å². The molecule has 2 atom stereocenters. The molecule has 0 radical (unpaired) electrons. The van der Waals surface area contributed by atoms with Crippen LogP contribution in [0.15, 0.2) is 48.5 Å². The summed E-state index contributed by atoms with van der Waals surface area (Å²) in [6.45, 7) is 6.58. The first kappa shape index (κ1) is 24.8. The van der Waals surface area contributed by atoms with Crippen molar-refractivity contribution in [3.63, 3.8) is 0 Å². The van der Waals surface area contributed by atoms with E-state index in [0.717, 1.165) is 11.1 Å². The van der Waals surface area contributed by atoms with Crippen molar-refractivity contribution in [2.75, 3.05) is 19.7 Å². The second-order valence-electron chi connectivity index (χ2n) is 10.1. The molecular weight excluding hydrogens is 444 g/mol. The lowest BCUT2D eigenvalue weighted by molar-refractivity contribution is -0.155. The molecule has 2 aliphatic rings. The number of carboxylic acid groups (broad SMARTS) is 1. The van der Waals surface area contributed by atoms with Gasteiger partial charge >= 0.3 is 12.1 Å². The number of aliphatic carboxylic acids is 1. The van der Waals surface area contributed by atoms with Crippen LogP contribution in [0, 0.1) is 11.8 Å². The molecule has 7 heteroatoms. The molecule has 2 aromatic rings. The van der Waals surface area contributed by atoms with Crippen molar-refractivity contribution >= 4 is 18.0 Å². The first-order chi connectivity index (χ1) is 16.7. The van der Waals surface area contributed by atoms with E-state index in [9.17, 15) is 19.5 Å². The molecule has 2 aromatic carbocycles. The maximum atomic E-state index is 13.0. The number of likely N-dealkylation sites (tertiary alicyclic amines) is 1. The monoisotopic (exact) mass is 478 g/mol. The topological polar surface area (TPSA) is 95.9 Å². The average molecular weight is 479 g/mol. The second kappa shape index (κ2) is 10.1. The molecule has 1 heterocycles. The number of fused-ring (bicyclic) bond motifs is 3. The first-order valence-electron chi connectivity index (χ1n) is 12.3. The maximum absolute atomic E-state index is 13.0. The molecule has 2 N–H and O–H groups in total. The van der Waals surface area contributed by atoms with Crippen LogP contribution in [0.25, 0.3) is 11.1 Å². The van der Waals surface area contributed by atoms with E-state index in [1.807, 2.05) is 38.1 Å². The number of carboxylic acids is 1. The van der Waals surface area contributed by atoms with E-state index in [-0.39, 0.29) is 43.2 Å². The number of carbonyl (C=O) groups is 3. The predicted octanol–water partition coefficient (Wildman–Crippen LogP) is 4.65. The Morgan fingerprint density at radius 1 is 1.09 bits per heavy atom. The normalized spacial score (nSPS) is 19.8. The van der Waals surface area contributed by atoms with E-state index in [1.165, 1.54) is 16.0 Å². The lowest BCUT2D eigenvalue weighted by Gasteiger charge is -2.33. The van der Waals surface area contributed by atoms with Crippen LogP contribution in [0.4, 0.5) is 4.79 Å². The first-order valence-corrected chi connectivity index (χ1v) is 12.3. The van der Waals surface area contributed by atoms with Gasteiger partial charge in [-0.3, -0.25) is 4.79 Å². The Morgan fingerprint density at radius 2 is 1.69 bits per heavy atom. The molecule has 1 fully saturated rings. The zero-order valence-electron chi connectivity index (χ0n) is 20.6. The fraction of sp³-hybridized carbons (Fsp3) is 0.464. The Labute approximate surface area is 206 Å². The number of carbonyl (C=O) groups excluding carboxylic acids is 2. The van der Waals surface area contributed by atoms with E-state index in [4.69, 9.17) is 4.74 Å². The molecule has 1 aliphatic carbocycles. The van der Waals surface area contributed by atoms with Gasteiger partial charge in [0.1, 0.15) is 12.1 Å². The van der Waals surface area contributed by atoms with Gasteiger partial charge in [-0.05, 0) is 53.9 Å². The molecule has 0 spiro atoms. The fourth-order valence-corrected chi connectivity index (χ4v) is 5.33. The zero-order valence-corrected chi connectivity index (χ0v) is 20.6.